The fraction of sp³-hybridized carbons (Fsp3) is 0.450. The lowest BCUT2D eigenvalue weighted by Gasteiger charge is -2.30. The van der Waals surface area contributed by atoms with Gasteiger partial charge in [0.2, 0.25) is 5.79 Å². The maximum atomic E-state index is 12.3. The minimum Gasteiger partial charge on any atom is -0.425 e. The number of carbonyl (C=O) groups excluding carboxylic acids is 1. The van der Waals surface area contributed by atoms with Gasteiger partial charge in [0.05, 0.1) is 11.8 Å². The highest BCUT2D eigenvalue weighted by Crippen LogP contribution is 2.29. The molecule has 2 rings (SSSR count). The summed E-state index contributed by atoms with van der Waals surface area (Å²) in [5.74, 6) is -2.55. The zero-order valence-corrected chi connectivity index (χ0v) is 17.9. The van der Waals surface area contributed by atoms with Crippen LogP contribution in [0.15, 0.2) is 48.1 Å². The predicted octanol–water partition coefficient (Wildman–Crippen LogP) is 1.29. The number of aliphatic hydroxyl groups is 2. The summed E-state index contributed by atoms with van der Waals surface area (Å²) >= 11 is 0. The van der Waals surface area contributed by atoms with Crippen LogP contribution in [0, 0.1) is 6.92 Å². The van der Waals surface area contributed by atoms with Crippen molar-refractivity contribution in [3.05, 3.63) is 59.2 Å². The summed E-state index contributed by atoms with van der Waals surface area (Å²) in [6.07, 6.45) is 4.54. The molecular formula is C20H29NO7S. The molecule has 1 aromatic rings. The zero-order valence-electron chi connectivity index (χ0n) is 17.1. The van der Waals surface area contributed by atoms with Gasteiger partial charge in [0.25, 0.3) is 10.1 Å². The highest BCUT2D eigenvalue weighted by molar-refractivity contribution is 7.86. The van der Waals surface area contributed by atoms with Gasteiger partial charge in [0, 0.05) is 19.6 Å². The molecule has 0 fully saturated rings. The lowest BCUT2D eigenvalue weighted by molar-refractivity contribution is -0.129. The van der Waals surface area contributed by atoms with Crippen LogP contribution in [-0.2, 0) is 19.0 Å². The van der Waals surface area contributed by atoms with Crippen LogP contribution >= 0.6 is 0 Å². The molecule has 0 bridgehead atoms. The Morgan fingerprint density at radius 2 is 1.90 bits per heavy atom. The molecule has 29 heavy (non-hydrogen) atoms. The SMILES string of the molecule is CCO.CNCC(OS(C)(=O)=O)C1=CC=CC(O)(OC(=O)c2ccc(C)cc2)C1. The molecule has 0 saturated carbocycles. The Bertz CT molecular complexity index is 831. The maximum absolute atomic E-state index is 12.3. The fourth-order valence-corrected chi connectivity index (χ4v) is 3.17. The smallest absolute Gasteiger partial charge is 0.340 e. The molecule has 1 aliphatic rings. The lowest BCUT2D eigenvalue weighted by atomic mass is 9.95. The number of nitrogens with one attached hydrogen (secondary N) is 1. The van der Waals surface area contributed by atoms with Gasteiger partial charge in [-0.3, -0.25) is 4.18 Å². The van der Waals surface area contributed by atoms with Crippen molar-refractivity contribution < 1.29 is 32.3 Å². The Balaban J connectivity index is 0.00000132. The van der Waals surface area contributed by atoms with Crippen molar-refractivity contribution >= 4 is 16.1 Å². The third kappa shape index (κ3) is 8.88. The number of rotatable bonds is 7. The van der Waals surface area contributed by atoms with Gasteiger partial charge in [-0.2, -0.15) is 8.42 Å². The van der Waals surface area contributed by atoms with E-state index in [1.54, 1.807) is 44.3 Å². The summed E-state index contributed by atoms with van der Waals surface area (Å²) < 4.78 is 33.3. The first-order valence-electron chi connectivity index (χ1n) is 9.08. The van der Waals surface area contributed by atoms with Gasteiger partial charge in [0.15, 0.2) is 0 Å². The molecule has 0 spiro atoms. The van der Waals surface area contributed by atoms with E-state index >= 15 is 0 Å². The van der Waals surface area contributed by atoms with E-state index in [0.29, 0.717) is 11.1 Å². The van der Waals surface area contributed by atoms with Gasteiger partial charge >= 0.3 is 5.97 Å². The Kier molecular flexibility index (Phi) is 9.67. The number of hydrogen-bond acceptors (Lipinski definition) is 8. The normalized spacial score (nSPS) is 19.6. The summed E-state index contributed by atoms with van der Waals surface area (Å²) in [5, 5.41) is 21.1. The van der Waals surface area contributed by atoms with Crippen molar-refractivity contribution in [1.29, 1.82) is 0 Å². The third-order valence-electron chi connectivity index (χ3n) is 3.78. The average Bonchev–Trinajstić information content (AvgIpc) is 2.61. The highest BCUT2D eigenvalue weighted by atomic mass is 32.2. The number of hydrogen-bond donors (Lipinski definition) is 3. The summed E-state index contributed by atoms with van der Waals surface area (Å²) in [7, 11) is -2.04. The number of benzene rings is 1. The van der Waals surface area contributed by atoms with Crippen molar-refractivity contribution in [2.24, 2.45) is 0 Å². The first-order valence-corrected chi connectivity index (χ1v) is 10.9. The Hall–Kier alpha value is -2.04. The summed E-state index contributed by atoms with van der Waals surface area (Å²) in [4.78, 5) is 12.3. The average molecular weight is 428 g/mol. The van der Waals surface area contributed by atoms with E-state index in [1.807, 2.05) is 6.92 Å². The maximum Gasteiger partial charge on any atom is 0.340 e. The third-order valence-corrected chi connectivity index (χ3v) is 4.36. The van der Waals surface area contributed by atoms with Gasteiger partial charge in [-0.15, -0.1) is 0 Å². The number of aryl methyl sites for hydroxylation is 1. The Labute approximate surface area is 172 Å². The second kappa shape index (κ2) is 11.2. The van der Waals surface area contributed by atoms with Crippen LogP contribution in [0.25, 0.3) is 0 Å². The van der Waals surface area contributed by atoms with Crippen LogP contribution in [0.5, 0.6) is 0 Å². The standard InChI is InChI=1S/C18H23NO6S.C2H6O/c1-13-6-8-14(9-7-13)17(20)24-18(21)10-4-5-15(11-18)16(12-19-2)25-26(3,22)23;1-2-3/h4-10,16,19,21H,11-12H2,1-3H3;3H,2H2,1H3. The van der Waals surface area contributed by atoms with Crippen molar-refractivity contribution in [1.82, 2.24) is 5.32 Å². The van der Waals surface area contributed by atoms with Gasteiger partial charge in [0.1, 0.15) is 6.10 Å². The van der Waals surface area contributed by atoms with E-state index < -0.39 is 28.0 Å². The number of carbonyl (C=O) groups is 1. The number of likely N-dealkylation sites (N-methyl/N-ethyl adjacent to an activating group) is 1. The minimum absolute atomic E-state index is 0.0943. The van der Waals surface area contributed by atoms with Crippen molar-refractivity contribution in [3.8, 4) is 0 Å². The Morgan fingerprint density at radius 1 is 1.31 bits per heavy atom. The molecule has 0 aromatic heterocycles. The van der Waals surface area contributed by atoms with Crippen LogP contribution in [0.4, 0.5) is 0 Å². The van der Waals surface area contributed by atoms with Gasteiger partial charge in [-0.25, -0.2) is 4.79 Å². The summed E-state index contributed by atoms with van der Waals surface area (Å²) in [6.45, 7) is 4.04. The van der Waals surface area contributed by atoms with Crippen LogP contribution in [0.1, 0.15) is 29.3 Å². The molecule has 0 radical (unpaired) electrons. The number of ether oxygens (including phenoxy) is 1. The molecule has 162 valence electrons. The first-order chi connectivity index (χ1) is 13.5. The van der Waals surface area contributed by atoms with Crippen molar-refractivity contribution in [3.63, 3.8) is 0 Å². The molecule has 9 heteroatoms. The second-order valence-corrected chi connectivity index (χ2v) is 8.14. The van der Waals surface area contributed by atoms with E-state index in [-0.39, 0.29) is 19.6 Å². The first kappa shape index (κ1) is 25.0. The van der Waals surface area contributed by atoms with Gasteiger partial charge < -0.3 is 20.3 Å². The van der Waals surface area contributed by atoms with Crippen LogP contribution < -0.4 is 5.32 Å². The zero-order chi connectivity index (χ0) is 22.1. The number of aliphatic hydroxyl groups excluding tert-OH is 1. The predicted molar refractivity (Wildman–Crippen MR) is 110 cm³/mol. The van der Waals surface area contributed by atoms with Crippen LogP contribution in [0.2, 0.25) is 0 Å². The molecule has 1 aromatic carbocycles. The molecule has 2 atom stereocenters. The topological polar surface area (TPSA) is 122 Å². The van der Waals surface area contributed by atoms with E-state index in [0.717, 1.165) is 11.8 Å². The lowest BCUT2D eigenvalue weighted by Crippen LogP contribution is -2.39. The van der Waals surface area contributed by atoms with Crippen molar-refractivity contribution in [2.45, 2.75) is 32.2 Å². The Morgan fingerprint density at radius 3 is 2.41 bits per heavy atom. The summed E-state index contributed by atoms with van der Waals surface area (Å²) in [6, 6.07) is 6.76. The minimum atomic E-state index is -3.70. The van der Waals surface area contributed by atoms with E-state index in [1.165, 1.54) is 12.2 Å². The fourth-order valence-electron chi connectivity index (χ4n) is 2.56. The summed E-state index contributed by atoms with van der Waals surface area (Å²) in [5.41, 5.74) is 1.80. The molecule has 1 aliphatic carbocycles. The molecule has 0 amide bonds. The molecule has 0 saturated heterocycles. The highest BCUT2D eigenvalue weighted by Gasteiger charge is 2.35. The van der Waals surface area contributed by atoms with E-state index in [9.17, 15) is 18.3 Å². The molecule has 0 heterocycles. The quantitative estimate of drug-likeness (QED) is 0.338. The number of allylic oxidation sites excluding steroid dienone is 2. The molecule has 3 N–H and O–H groups in total. The van der Waals surface area contributed by atoms with Gasteiger partial charge in [-0.05, 0) is 44.7 Å². The molecule has 0 aliphatic heterocycles. The second-order valence-electron chi connectivity index (χ2n) is 6.54. The van der Waals surface area contributed by atoms with Gasteiger partial charge in [-0.1, -0.05) is 29.8 Å². The molecule has 8 nitrogen and oxygen atoms in total. The number of esters is 1. The largest absolute Gasteiger partial charge is 0.425 e. The van der Waals surface area contributed by atoms with Crippen LogP contribution in [-0.4, -0.2) is 62.9 Å². The molecular weight excluding hydrogens is 398 g/mol. The van der Waals surface area contributed by atoms with E-state index in [4.69, 9.17) is 14.0 Å². The van der Waals surface area contributed by atoms with Crippen molar-refractivity contribution in [2.75, 3.05) is 26.5 Å². The monoisotopic (exact) mass is 427 g/mol. The van der Waals surface area contributed by atoms with Crippen LogP contribution in [0.3, 0.4) is 0 Å². The van der Waals surface area contributed by atoms with E-state index in [2.05, 4.69) is 5.32 Å². The molecule has 2 unspecified atom stereocenters.